The van der Waals surface area contributed by atoms with Gasteiger partial charge in [-0.3, -0.25) is 4.90 Å². The lowest BCUT2D eigenvalue weighted by Crippen LogP contribution is -2.40. The third-order valence-electron chi connectivity index (χ3n) is 2.91. The molecular formula is C12H16ClNO2. The van der Waals surface area contributed by atoms with E-state index < -0.39 is 0 Å². The fraction of sp³-hybridized carbons (Fsp3) is 0.500. The first-order valence-electron chi connectivity index (χ1n) is 5.49. The second-order valence-electron chi connectivity index (χ2n) is 3.90. The fourth-order valence-corrected chi connectivity index (χ4v) is 2.13. The van der Waals surface area contributed by atoms with E-state index in [0.717, 1.165) is 36.9 Å². The summed E-state index contributed by atoms with van der Waals surface area (Å²) in [5.41, 5.74) is 1.11. The van der Waals surface area contributed by atoms with Crippen LogP contribution < -0.4 is 0 Å². The highest BCUT2D eigenvalue weighted by atomic mass is 35.5. The van der Waals surface area contributed by atoms with Gasteiger partial charge < -0.3 is 9.84 Å². The molecule has 1 aromatic rings. The molecule has 0 aliphatic carbocycles. The predicted molar refractivity (Wildman–Crippen MR) is 63.7 cm³/mol. The van der Waals surface area contributed by atoms with Crippen molar-refractivity contribution in [2.75, 3.05) is 32.9 Å². The highest BCUT2D eigenvalue weighted by molar-refractivity contribution is 6.30. The monoisotopic (exact) mass is 241 g/mol. The first-order valence-corrected chi connectivity index (χ1v) is 5.87. The predicted octanol–water partition coefficient (Wildman–Crippen LogP) is 1.71. The van der Waals surface area contributed by atoms with E-state index in [-0.39, 0.29) is 12.6 Å². The zero-order chi connectivity index (χ0) is 11.4. The van der Waals surface area contributed by atoms with Crippen molar-refractivity contribution < 1.29 is 9.84 Å². The van der Waals surface area contributed by atoms with Crippen LogP contribution in [0.1, 0.15) is 11.6 Å². The van der Waals surface area contributed by atoms with Gasteiger partial charge in [-0.2, -0.15) is 0 Å². The largest absolute Gasteiger partial charge is 0.394 e. The van der Waals surface area contributed by atoms with Gasteiger partial charge in [0.25, 0.3) is 0 Å². The number of ether oxygens (including phenoxy) is 1. The molecule has 0 bridgehead atoms. The van der Waals surface area contributed by atoms with E-state index in [4.69, 9.17) is 16.3 Å². The summed E-state index contributed by atoms with van der Waals surface area (Å²) in [6.45, 7) is 3.34. The van der Waals surface area contributed by atoms with Crippen LogP contribution in [0.5, 0.6) is 0 Å². The zero-order valence-corrected chi connectivity index (χ0v) is 9.86. The molecule has 0 aromatic heterocycles. The topological polar surface area (TPSA) is 32.7 Å². The molecule has 1 aliphatic heterocycles. The van der Waals surface area contributed by atoms with Crippen molar-refractivity contribution >= 4 is 11.6 Å². The Bertz CT molecular complexity index is 322. The molecule has 1 atom stereocenters. The summed E-state index contributed by atoms with van der Waals surface area (Å²) < 4.78 is 5.30. The van der Waals surface area contributed by atoms with Crippen molar-refractivity contribution in [3.63, 3.8) is 0 Å². The first-order chi connectivity index (χ1) is 7.81. The van der Waals surface area contributed by atoms with Crippen LogP contribution in [0, 0.1) is 0 Å². The highest BCUT2D eigenvalue weighted by Gasteiger charge is 2.21. The minimum atomic E-state index is 0.0566. The van der Waals surface area contributed by atoms with Crippen LogP contribution in [0.4, 0.5) is 0 Å². The van der Waals surface area contributed by atoms with Crippen LogP contribution in [0.2, 0.25) is 5.02 Å². The Morgan fingerprint density at radius 1 is 1.25 bits per heavy atom. The van der Waals surface area contributed by atoms with Gasteiger partial charge in [0.15, 0.2) is 0 Å². The van der Waals surface area contributed by atoms with Gasteiger partial charge in [-0.05, 0) is 17.7 Å². The number of benzene rings is 1. The zero-order valence-electron chi connectivity index (χ0n) is 9.10. The molecule has 1 fully saturated rings. The molecule has 1 saturated heterocycles. The molecule has 0 amide bonds. The molecule has 1 aromatic carbocycles. The molecule has 2 rings (SSSR count). The number of nitrogens with zero attached hydrogens (tertiary/aromatic N) is 1. The number of hydrogen-bond acceptors (Lipinski definition) is 3. The van der Waals surface area contributed by atoms with Crippen molar-refractivity contribution in [1.29, 1.82) is 0 Å². The Morgan fingerprint density at radius 2 is 1.88 bits per heavy atom. The van der Waals surface area contributed by atoms with Gasteiger partial charge in [0.1, 0.15) is 0 Å². The van der Waals surface area contributed by atoms with E-state index in [0.29, 0.717) is 0 Å². The third kappa shape index (κ3) is 2.74. The van der Waals surface area contributed by atoms with Crippen molar-refractivity contribution in [3.05, 3.63) is 34.9 Å². The van der Waals surface area contributed by atoms with E-state index in [1.54, 1.807) is 0 Å². The number of aliphatic hydroxyl groups excluding tert-OH is 1. The molecule has 1 heterocycles. The summed E-state index contributed by atoms with van der Waals surface area (Å²) in [5.74, 6) is 0. The quantitative estimate of drug-likeness (QED) is 0.875. The van der Waals surface area contributed by atoms with Gasteiger partial charge in [-0.25, -0.2) is 0 Å². The van der Waals surface area contributed by atoms with Crippen LogP contribution in [-0.2, 0) is 4.74 Å². The van der Waals surface area contributed by atoms with E-state index >= 15 is 0 Å². The lowest BCUT2D eigenvalue weighted by atomic mass is 10.1. The van der Waals surface area contributed by atoms with Crippen LogP contribution in [0.25, 0.3) is 0 Å². The van der Waals surface area contributed by atoms with Gasteiger partial charge in [0.05, 0.1) is 25.9 Å². The summed E-state index contributed by atoms with van der Waals surface area (Å²) in [6.07, 6.45) is 0. The van der Waals surface area contributed by atoms with Crippen LogP contribution in [-0.4, -0.2) is 42.9 Å². The Hall–Kier alpha value is -0.610. The Balaban J connectivity index is 2.11. The molecule has 16 heavy (non-hydrogen) atoms. The Morgan fingerprint density at radius 3 is 2.44 bits per heavy atom. The van der Waals surface area contributed by atoms with Gasteiger partial charge in [0, 0.05) is 18.1 Å². The highest BCUT2D eigenvalue weighted by Crippen LogP contribution is 2.22. The maximum absolute atomic E-state index is 9.49. The third-order valence-corrected chi connectivity index (χ3v) is 3.17. The number of hydrogen-bond donors (Lipinski definition) is 1. The number of rotatable bonds is 3. The van der Waals surface area contributed by atoms with E-state index in [2.05, 4.69) is 4.90 Å². The first kappa shape index (κ1) is 11.9. The molecule has 3 nitrogen and oxygen atoms in total. The van der Waals surface area contributed by atoms with Crippen LogP contribution in [0.3, 0.4) is 0 Å². The van der Waals surface area contributed by atoms with Crippen molar-refractivity contribution in [2.45, 2.75) is 6.04 Å². The number of morpholine rings is 1. The maximum Gasteiger partial charge on any atom is 0.0628 e. The standard InChI is InChI=1S/C12H16ClNO2/c13-11-3-1-10(2-4-11)12(9-15)14-5-7-16-8-6-14/h1-4,12,15H,5-9H2/t12-/m0/s1. The average Bonchev–Trinajstić information content (AvgIpc) is 2.34. The van der Waals surface area contributed by atoms with Gasteiger partial charge >= 0.3 is 0 Å². The molecule has 0 unspecified atom stereocenters. The lowest BCUT2D eigenvalue weighted by Gasteiger charge is -2.33. The molecule has 1 N–H and O–H groups in total. The molecular weight excluding hydrogens is 226 g/mol. The lowest BCUT2D eigenvalue weighted by molar-refractivity contribution is 0.00259. The minimum Gasteiger partial charge on any atom is -0.394 e. The summed E-state index contributed by atoms with van der Waals surface area (Å²) in [4.78, 5) is 2.24. The normalized spacial score (nSPS) is 19.6. The summed E-state index contributed by atoms with van der Waals surface area (Å²) in [7, 11) is 0. The fourth-order valence-electron chi connectivity index (χ4n) is 2.01. The second kappa shape index (κ2) is 5.64. The number of halogens is 1. The summed E-state index contributed by atoms with van der Waals surface area (Å²) in [5, 5.41) is 10.2. The van der Waals surface area contributed by atoms with Gasteiger partial charge in [-0.1, -0.05) is 23.7 Å². The number of aliphatic hydroxyl groups is 1. The van der Waals surface area contributed by atoms with E-state index in [1.165, 1.54) is 0 Å². The SMILES string of the molecule is OC[C@@H](c1ccc(Cl)cc1)N1CCOCC1. The van der Waals surface area contributed by atoms with Crippen molar-refractivity contribution in [1.82, 2.24) is 4.90 Å². The van der Waals surface area contributed by atoms with Crippen LogP contribution in [0.15, 0.2) is 24.3 Å². The summed E-state index contributed by atoms with van der Waals surface area (Å²) in [6, 6.07) is 7.72. The molecule has 4 heteroatoms. The second-order valence-corrected chi connectivity index (χ2v) is 4.33. The minimum absolute atomic E-state index is 0.0566. The van der Waals surface area contributed by atoms with Gasteiger partial charge in [0.2, 0.25) is 0 Å². The maximum atomic E-state index is 9.49. The average molecular weight is 242 g/mol. The van der Waals surface area contributed by atoms with E-state index in [1.807, 2.05) is 24.3 Å². The molecule has 1 aliphatic rings. The Kier molecular flexibility index (Phi) is 4.18. The van der Waals surface area contributed by atoms with Crippen molar-refractivity contribution in [2.24, 2.45) is 0 Å². The Labute approximate surface area is 101 Å². The van der Waals surface area contributed by atoms with E-state index in [9.17, 15) is 5.11 Å². The van der Waals surface area contributed by atoms with Crippen LogP contribution >= 0.6 is 11.6 Å². The van der Waals surface area contributed by atoms with Gasteiger partial charge in [-0.15, -0.1) is 0 Å². The summed E-state index contributed by atoms with van der Waals surface area (Å²) >= 11 is 5.85. The van der Waals surface area contributed by atoms with Crippen molar-refractivity contribution in [3.8, 4) is 0 Å². The smallest absolute Gasteiger partial charge is 0.0628 e. The molecule has 88 valence electrons. The molecule has 0 saturated carbocycles. The molecule has 0 radical (unpaired) electrons. The molecule has 0 spiro atoms.